The molecular weight excluding hydrogens is 190 g/mol. The second kappa shape index (κ2) is 5.34. The molecule has 0 atom stereocenters. The summed E-state index contributed by atoms with van der Waals surface area (Å²) in [6.07, 6.45) is 0. The summed E-state index contributed by atoms with van der Waals surface area (Å²) in [5.41, 5.74) is 0.358. The second-order valence-corrected chi connectivity index (χ2v) is 2.17. The molecule has 0 fully saturated rings. The maximum atomic E-state index is 12.2. The average Bonchev–Trinajstić information content (AvgIpc) is 1.88. The molecule has 0 aliphatic rings. The predicted molar refractivity (Wildman–Crippen MR) is 38.1 cm³/mol. The van der Waals surface area contributed by atoms with E-state index in [-0.39, 0.29) is 57.2 Å². The number of hydrogen-bond donors (Lipinski definition) is 0. The van der Waals surface area contributed by atoms with Gasteiger partial charge < -0.3 is 5.11 Å². The van der Waals surface area contributed by atoms with Gasteiger partial charge in [0.2, 0.25) is 0 Å². The van der Waals surface area contributed by atoms with Gasteiger partial charge in [0.25, 0.3) is 0 Å². The fraction of sp³-hybridized carbons (Fsp3) is 0. The topological polar surface area (TPSA) is 23.1 Å². The van der Waals surface area contributed by atoms with Crippen LogP contribution in [0.4, 0.5) is 4.39 Å². The Morgan fingerprint density at radius 2 is 1.73 bits per heavy atom. The third-order valence-electron chi connectivity index (χ3n) is 1.08. The molecule has 1 nitrogen and oxygen atoms in total. The Morgan fingerprint density at radius 3 is 2.09 bits per heavy atom. The van der Waals surface area contributed by atoms with E-state index in [1.54, 1.807) is 0 Å². The fourth-order valence-electron chi connectivity index (χ4n) is 0.586. The van der Waals surface area contributed by atoms with Crippen LogP contribution in [-0.4, -0.2) is 5.05 Å². The molecule has 0 radical (unpaired) electrons. The van der Waals surface area contributed by atoms with E-state index in [0.29, 0.717) is 5.56 Å². The molecule has 0 N–H and O–H groups in total. The van der Waals surface area contributed by atoms with Gasteiger partial charge in [0.05, 0.1) is 0 Å². The van der Waals surface area contributed by atoms with Crippen molar-refractivity contribution >= 4 is 17.3 Å². The van der Waals surface area contributed by atoms with Gasteiger partial charge in [-0.05, 0) is 22.7 Å². The van der Waals surface area contributed by atoms with E-state index in [4.69, 9.17) is 0 Å². The van der Waals surface area contributed by atoms with Gasteiger partial charge in [-0.15, -0.1) is 0 Å². The SMILES string of the molecule is [K+].[O-]C(=S)c1ccc(F)cc1. The summed E-state index contributed by atoms with van der Waals surface area (Å²) in [5.74, 6) is -0.361. The molecule has 0 aromatic heterocycles. The van der Waals surface area contributed by atoms with Gasteiger partial charge in [-0.3, -0.25) is 0 Å². The van der Waals surface area contributed by atoms with Crippen LogP contribution in [0.25, 0.3) is 0 Å². The zero-order valence-corrected chi connectivity index (χ0v) is 9.94. The fourth-order valence-corrected chi connectivity index (χ4v) is 0.722. The molecule has 0 bridgehead atoms. The van der Waals surface area contributed by atoms with Crippen molar-refractivity contribution in [2.24, 2.45) is 0 Å². The monoisotopic (exact) mass is 194 g/mol. The first-order valence-corrected chi connectivity index (χ1v) is 3.08. The minimum atomic E-state index is -0.458. The van der Waals surface area contributed by atoms with Crippen LogP contribution in [0.3, 0.4) is 0 Å². The average molecular weight is 194 g/mol. The van der Waals surface area contributed by atoms with E-state index in [1.807, 2.05) is 0 Å². The van der Waals surface area contributed by atoms with Crippen LogP contribution >= 0.6 is 12.2 Å². The Labute approximate surface area is 112 Å². The van der Waals surface area contributed by atoms with Crippen molar-refractivity contribution < 1.29 is 60.9 Å². The van der Waals surface area contributed by atoms with Crippen LogP contribution in [0.15, 0.2) is 24.3 Å². The van der Waals surface area contributed by atoms with E-state index in [1.165, 1.54) is 24.3 Å². The normalized spacial score (nSPS) is 8.45. The van der Waals surface area contributed by atoms with E-state index >= 15 is 0 Å². The molecule has 11 heavy (non-hydrogen) atoms. The molecule has 0 amide bonds. The van der Waals surface area contributed by atoms with Crippen molar-refractivity contribution in [2.75, 3.05) is 0 Å². The summed E-state index contributed by atoms with van der Waals surface area (Å²) in [6.45, 7) is 0. The van der Waals surface area contributed by atoms with E-state index in [9.17, 15) is 9.50 Å². The van der Waals surface area contributed by atoms with Crippen LogP contribution in [0.1, 0.15) is 5.56 Å². The summed E-state index contributed by atoms with van der Waals surface area (Å²) >= 11 is 4.33. The molecular formula is C7H4FKOS. The molecule has 0 aliphatic carbocycles. The molecule has 4 heteroatoms. The van der Waals surface area contributed by atoms with Crippen molar-refractivity contribution in [3.05, 3.63) is 35.6 Å². The summed E-state index contributed by atoms with van der Waals surface area (Å²) in [4.78, 5) is 0. The van der Waals surface area contributed by atoms with Crippen LogP contribution in [0, 0.1) is 5.82 Å². The molecule has 0 spiro atoms. The summed E-state index contributed by atoms with van der Waals surface area (Å²) < 4.78 is 12.2. The van der Waals surface area contributed by atoms with Gasteiger partial charge in [0, 0.05) is 0 Å². The Kier molecular flexibility index (Phi) is 5.67. The Hall–Kier alpha value is 0.676. The summed E-state index contributed by atoms with van der Waals surface area (Å²) in [5, 5.41) is 9.99. The van der Waals surface area contributed by atoms with Gasteiger partial charge in [-0.2, -0.15) is 0 Å². The van der Waals surface area contributed by atoms with Crippen LogP contribution in [0.2, 0.25) is 0 Å². The number of rotatable bonds is 1. The molecule has 0 aliphatic heterocycles. The number of halogens is 1. The zero-order valence-electron chi connectivity index (χ0n) is 6.00. The number of benzene rings is 1. The maximum absolute atomic E-state index is 12.2. The molecule has 0 unspecified atom stereocenters. The van der Waals surface area contributed by atoms with Crippen molar-refractivity contribution in [3.8, 4) is 0 Å². The molecule has 1 aromatic rings. The minimum absolute atomic E-state index is 0. The third kappa shape index (κ3) is 3.73. The van der Waals surface area contributed by atoms with Crippen LogP contribution < -0.4 is 56.5 Å². The smallest absolute Gasteiger partial charge is 0.864 e. The molecule has 1 rings (SSSR count). The standard InChI is InChI=1S/C7H5FOS.K/c8-6-3-1-5(2-4-6)7(9)10;/h1-4H,(H,9,10);/q;+1/p-1. The quantitative estimate of drug-likeness (QED) is 0.376. The van der Waals surface area contributed by atoms with Crippen molar-refractivity contribution in [1.29, 1.82) is 0 Å². The Bertz CT molecular complexity index is 247. The van der Waals surface area contributed by atoms with Gasteiger partial charge >= 0.3 is 51.4 Å². The van der Waals surface area contributed by atoms with E-state index in [2.05, 4.69) is 12.2 Å². The van der Waals surface area contributed by atoms with Crippen molar-refractivity contribution in [3.63, 3.8) is 0 Å². The van der Waals surface area contributed by atoms with Crippen LogP contribution in [0.5, 0.6) is 0 Å². The van der Waals surface area contributed by atoms with E-state index in [0.717, 1.165) is 0 Å². The van der Waals surface area contributed by atoms with Crippen molar-refractivity contribution in [1.82, 2.24) is 0 Å². The zero-order chi connectivity index (χ0) is 7.56. The minimum Gasteiger partial charge on any atom is -0.864 e. The summed E-state index contributed by atoms with van der Waals surface area (Å²) in [7, 11) is 0. The van der Waals surface area contributed by atoms with Crippen LogP contribution in [-0.2, 0) is 0 Å². The molecule has 0 saturated heterocycles. The van der Waals surface area contributed by atoms with Gasteiger partial charge in [0.15, 0.2) is 0 Å². The summed E-state index contributed by atoms with van der Waals surface area (Å²) in [6, 6.07) is 5.15. The first-order chi connectivity index (χ1) is 4.70. The van der Waals surface area contributed by atoms with Gasteiger partial charge in [-0.1, -0.05) is 24.4 Å². The predicted octanol–water partition coefficient (Wildman–Crippen LogP) is -2.13. The second-order valence-electron chi connectivity index (χ2n) is 1.79. The van der Waals surface area contributed by atoms with E-state index < -0.39 is 5.05 Å². The molecule has 0 saturated carbocycles. The van der Waals surface area contributed by atoms with Gasteiger partial charge in [0.1, 0.15) is 5.82 Å². The molecule has 0 heterocycles. The first kappa shape index (κ1) is 11.7. The maximum Gasteiger partial charge on any atom is 1.00 e. The third-order valence-corrected chi connectivity index (χ3v) is 1.32. The Balaban J connectivity index is 0.000001000. The number of thiocarbonyl (C=S) groups is 1. The van der Waals surface area contributed by atoms with Crippen molar-refractivity contribution in [2.45, 2.75) is 0 Å². The largest absolute Gasteiger partial charge is 1.00 e. The molecule has 1 aromatic carbocycles. The first-order valence-electron chi connectivity index (χ1n) is 2.67. The number of hydrogen-bond acceptors (Lipinski definition) is 2. The molecule has 52 valence electrons. The van der Waals surface area contributed by atoms with Gasteiger partial charge in [-0.25, -0.2) is 4.39 Å². The Morgan fingerprint density at radius 1 is 1.27 bits per heavy atom.